The van der Waals surface area contributed by atoms with E-state index in [1.165, 1.54) is 44.1 Å². The number of benzene rings is 4. The van der Waals surface area contributed by atoms with E-state index in [1.54, 1.807) is 29.5 Å². The molecule has 0 atom stereocenters. The van der Waals surface area contributed by atoms with Gasteiger partial charge < -0.3 is 9.55 Å². The number of hydrogen-bond donors (Lipinski definition) is 0. The number of thiophene rings is 1. The minimum Gasteiger partial charge on any atom is -0.360 e. The molecule has 0 aliphatic heterocycles. The van der Waals surface area contributed by atoms with Gasteiger partial charge in [-0.05, 0) is 89.0 Å². The summed E-state index contributed by atoms with van der Waals surface area (Å²) in [6, 6.07) is 40.0. The number of hydrogen-bond acceptors (Lipinski definition) is 4. The summed E-state index contributed by atoms with van der Waals surface area (Å²) >= 11 is 1.67. The van der Waals surface area contributed by atoms with E-state index < -0.39 is 6.85 Å². The van der Waals surface area contributed by atoms with Gasteiger partial charge in [-0.15, -0.1) is 41.3 Å². The minimum absolute atomic E-state index is 0. The van der Waals surface area contributed by atoms with E-state index in [4.69, 9.17) is 9.10 Å². The molecule has 6 heteroatoms. The first-order valence-electron chi connectivity index (χ1n) is 18.9. The number of pyridine rings is 2. The maximum absolute atomic E-state index is 7.23. The van der Waals surface area contributed by atoms with Crippen molar-refractivity contribution < 1.29 is 24.2 Å². The second kappa shape index (κ2) is 16.3. The predicted molar refractivity (Wildman–Crippen MR) is 214 cm³/mol. The molecule has 4 aromatic carbocycles. The fraction of sp³-hybridized carbons (Fsp3) is 0.196. The monoisotopic (exact) mass is 878 g/mol. The molecule has 0 saturated heterocycles. The molecule has 52 heavy (non-hydrogen) atoms. The van der Waals surface area contributed by atoms with E-state index in [0.29, 0.717) is 11.8 Å². The van der Waals surface area contributed by atoms with Gasteiger partial charge >= 0.3 is 0 Å². The van der Waals surface area contributed by atoms with Crippen molar-refractivity contribution in [3.63, 3.8) is 0 Å². The van der Waals surface area contributed by atoms with Crippen LogP contribution in [0.1, 0.15) is 71.6 Å². The van der Waals surface area contributed by atoms with Crippen molar-refractivity contribution in [2.24, 2.45) is 0 Å². The van der Waals surface area contributed by atoms with Crippen LogP contribution in [-0.2, 0) is 26.7 Å². The molecule has 0 aliphatic carbocycles. The molecule has 0 fully saturated rings. The summed E-state index contributed by atoms with van der Waals surface area (Å²) in [5.74, 6) is 1.87. The molecule has 4 nitrogen and oxygen atoms in total. The summed E-state index contributed by atoms with van der Waals surface area (Å²) in [5.41, 5.74) is 12.7. The number of rotatable bonds is 7. The fourth-order valence-electron chi connectivity index (χ4n) is 6.62. The molecule has 0 spiro atoms. The van der Waals surface area contributed by atoms with Crippen molar-refractivity contribution in [1.82, 2.24) is 19.5 Å². The normalized spacial score (nSPS) is 12.2. The molecule has 0 bridgehead atoms. The van der Waals surface area contributed by atoms with E-state index in [0.717, 1.165) is 45.9 Å². The van der Waals surface area contributed by atoms with Gasteiger partial charge in [-0.2, -0.15) is 0 Å². The average Bonchev–Trinajstić information content (AvgIpc) is 3.76. The molecule has 0 unspecified atom stereocenters. The minimum atomic E-state index is -2.09. The van der Waals surface area contributed by atoms with Crippen molar-refractivity contribution in [1.29, 1.82) is 0 Å². The third-order valence-corrected chi connectivity index (χ3v) is 10.1. The third-order valence-electron chi connectivity index (χ3n) is 9.18. The molecule has 1 radical (unpaired) electrons. The quantitative estimate of drug-likeness (QED) is 0.150. The van der Waals surface area contributed by atoms with Gasteiger partial charge in [0.2, 0.25) is 0 Å². The fourth-order valence-corrected chi connectivity index (χ4v) is 7.44. The second-order valence-electron chi connectivity index (χ2n) is 13.4. The number of para-hydroxylation sites is 2. The Morgan fingerprint density at radius 2 is 1.58 bits per heavy atom. The Labute approximate surface area is 329 Å². The van der Waals surface area contributed by atoms with Gasteiger partial charge in [0.1, 0.15) is 0 Å². The molecule has 0 saturated carbocycles. The van der Waals surface area contributed by atoms with Crippen LogP contribution in [0.3, 0.4) is 0 Å². The first kappa shape index (κ1) is 33.1. The number of imidazole rings is 1. The van der Waals surface area contributed by atoms with E-state index in [9.17, 15) is 0 Å². The number of aryl methyl sites for hydroxylation is 2. The topological polar surface area (TPSA) is 43.6 Å². The average molecular weight is 878 g/mol. The van der Waals surface area contributed by atoms with Crippen LogP contribution in [0.2, 0.25) is 0 Å². The third kappa shape index (κ3) is 7.85. The standard InChI is InChI=1S/C34H32N3S.C12H10N.Ir/c1-21(2)26-9-8-10-27(22(3)4)29(26)19-37-32-12-7-6-11-31(32)36-34(37)30-20-38-33-14-13-24(18-28(30)33)25-15-16-35-23(5)17-25;1-10-7-8-12(13-9-10)11-5-3-2-4-6-11;/h6-18,21-22H,19H2,1-5H3;2-5,7-9H,1H3;/q2*-1;/i;1D3;. The molecule has 4 aromatic heterocycles. The number of fused-ring (bicyclic) bond motifs is 2. The summed E-state index contributed by atoms with van der Waals surface area (Å²) < 4.78 is 25.3. The van der Waals surface area contributed by atoms with Crippen molar-refractivity contribution in [3.8, 4) is 33.8 Å². The zero-order valence-corrected chi connectivity index (χ0v) is 33.2. The van der Waals surface area contributed by atoms with Crippen molar-refractivity contribution in [2.45, 2.75) is 59.9 Å². The zero-order valence-electron chi connectivity index (χ0n) is 32.9. The molecule has 0 N–H and O–H groups in total. The summed E-state index contributed by atoms with van der Waals surface area (Å²) in [6.07, 6.45) is 3.27. The maximum Gasteiger partial charge on any atom is 0.0770 e. The summed E-state index contributed by atoms with van der Waals surface area (Å²) in [6.45, 7) is 9.89. The van der Waals surface area contributed by atoms with Crippen LogP contribution in [-0.4, -0.2) is 19.5 Å². The first-order valence-corrected chi connectivity index (χ1v) is 18.2. The van der Waals surface area contributed by atoms with E-state index >= 15 is 0 Å². The smallest absolute Gasteiger partial charge is 0.0770 e. The van der Waals surface area contributed by atoms with Crippen LogP contribution < -0.4 is 0 Å². The van der Waals surface area contributed by atoms with Gasteiger partial charge in [0.05, 0.1) is 16.9 Å². The van der Waals surface area contributed by atoms with Crippen LogP contribution in [0.5, 0.6) is 0 Å². The van der Waals surface area contributed by atoms with Crippen LogP contribution in [0.4, 0.5) is 0 Å². The van der Waals surface area contributed by atoms with Gasteiger partial charge in [-0.25, -0.2) is 0 Å². The van der Waals surface area contributed by atoms with E-state index in [-0.39, 0.29) is 25.7 Å². The number of aromatic nitrogens is 4. The Morgan fingerprint density at radius 3 is 2.27 bits per heavy atom. The molecular formula is C46H42IrN4S-2. The predicted octanol–water partition coefficient (Wildman–Crippen LogP) is 12.2. The summed E-state index contributed by atoms with van der Waals surface area (Å²) in [7, 11) is 0. The van der Waals surface area contributed by atoms with E-state index in [1.807, 2.05) is 31.3 Å². The second-order valence-corrected chi connectivity index (χ2v) is 14.3. The Kier molecular flexibility index (Phi) is 10.4. The van der Waals surface area contributed by atoms with Gasteiger partial charge in [-0.1, -0.05) is 104 Å². The van der Waals surface area contributed by atoms with Crippen LogP contribution >= 0.6 is 11.3 Å². The summed E-state index contributed by atoms with van der Waals surface area (Å²) in [5, 5.41) is 4.82. The Morgan fingerprint density at radius 1 is 0.808 bits per heavy atom. The SMILES string of the molecule is Cc1cc(-c2ccc3s[c-]c(-c4nc5ccccc5n4Cc4c(C(C)C)cccc4C(C)C)c3c2)ccn1.[2H]C([2H])([2H])c1ccc(-c2[c-]cccc2)nc1.[Ir]. The Bertz CT molecular complexity index is 2510. The molecule has 8 aromatic rings. The molecule has 8 rings (SSSR count). The van der Waals surface area contributed by atoms with Gasteiger partial charge in [0.15, 0.2) is 0 Å². The van der Waals surface area contributed by atoms with Gasteiger partial charge in [0.25, 0.3) is 0 Å². The van der Waals surface area contributed by atoms with Crippen molar-refractivity contribution in [2.75, 3.05) is 0 Å². The Hall–Kier alpha value is -4.74. The molecule has 0 aliphatic rings. The zero-order chi connectivity index (χ0) is 38.0. The van der Waals surface area contributed by atoms with Crippen LogP contribution in [0.25, 0.3) is 54.9 Å². The molecule has 263 valence electrons. The molecule has 4 heterocycles. The van der Waals surface area contributed by atoms with Gasteiger partial charge in [0, 0.05) is 48.9 Å². The maximum atomic E-state index is 7.23. The van der Waals surface area contributed by atoms with Crippen LogP contribution in [0, 0.1) is 25.2 Å². The molecule has 0 amide bonds. The summed E-state index contributed by atoms with van der Waals surface area (Å²) in [4.78, 5) is 13.7. The Balaban J connectivity index is 0.000000254. The van der Waals surface area contributed by atoms with Crippen molar-refractivity contribution in [3.05, 3.63) is 161 Å². The first-order chi connectivity index (χ1) is 26.0. The largest absolute Gasteiger partial charge is 0.360 e. The number of nitrogens with zero attached hydrogens (tertiary/aromatic N) is 4. The van der Waals surface area contributed by atoms with E-state index in [2.05, 4.69) is 126 Å². The van der Waals surface area contributed by atoms with Crippen molar-refractivity contribution >= 4 is 32.5 Å². The molecular weight excluding hydrogens is 833 g/mol. The van der Waals surface area contributed by atoms with Crippen LogP contribution in [0.15, 0.2) is 122 Å². The van der Waals surface area contributed by atoms with Gasteiger partial charge in [-0.3, -0.25) is 21.3 Å².